The van der Waals surface area contributed by atoms with Crippen LogP contribution in [-0.2, 0) is 26.4 Å². The molecule has 0 radical (unpaired) electrons. The van der Waals surface area contributed by atoms with Gasteiger partial charge < -0.3 is 5.32 Å². The Hall–Kier alpha value is -0.970. The van der Waals surface area contributed by atoms with E-state index in [0.717, 1.165) is 0 Å². The summed E-state index contributed by atoms with van der Waals surface area (Å²) < 4.78 is 50.0. The summed E-state index contributed by atoms with van der Waals surface area (Å²) in [4.78, 5) is 0.149. The van der Waals surface area contributed by atoms with Crippen LogP contribution in [-0.4, -0.2) is 63.0 Å². The van der Waals surface area contributed by atoms with E-state index in [1.165, 1.54) is 4.31 Å². The molecule has 1 aliphatic rings. The van der Waals surface area contributed by atoms with Gasteiger partial charge in [0.1, 0.15) is 4.90 Å². The van der Waals surface area contributed by atoms with Gasteiger partial charge in [0.25, 0.3) is 0 Å². The van der Waals surface area contributed by atoms with Gasteiger partial charge in [-0.15, -0.1) is 0 Å². The third kappa shape index (κ3) is 3.44. The molecule has 120 valence electrons. The third-order valence-corrected chi connectivity index (χ3v) is 7.24. The number of H-pyrrole nitrogens is 1. The molecule has 1 aliphatic heterocycles. The molecular weight excluding hydrogens is 316 g/mol. The van der Waals surface area contributed by atoms with Gasteiger partial charge in [0, 0.05) is 19.6 Å². The van der Waals surface area contributed by atoms with Crippen LogP contribution in [0.15, 0.2) is 4.90 Å². The predicted octanol–water partition coefficient (Wildman–Crippen LogP) is -0.753. The van der Waals surface area contributed by atoms with Crippen molar-refractivity contribution in [2.24, 2.45) is 0 Å². The second kappa shape index (κ2) is 6.03. The van der Waals surface area contributed by atoms with Crippen molar-refractivity contribution >= 4 is 19.9 Å². The summed E-state index contributed by atoms with van der Waals surface area (Å²) in [6.45, 7) is 2.18. The Kier molecular flexibility index (Phi) is 4.71. The summed E-state index contributed by atoms with van der Waals surface area (Å²) >= 11 is 0. The SMILES string of the molecule is CNCc1n[nH]c(C)c1S(=O)(=O)N1CCCS(=O)(=O)CC1. The molecule has 2 rings (SSSR count). The summed E-state index contributed by atoms with van der Waals surface area (Å²) in [5.41, 5.74) is 0.884. The molecule has 0 saturated carbocycles. The van der Waals surface area contributed by atoms with Gasteiger partial charge in [0.2, 0.25) is 10.0 Å². The normalized spacial score (nSPS) is 20.3. The van der Waals surface area contributed by atoms with E-state index in [4.69, 9.17) is 0 Å². The van der Waals surface area contributed by atoms with Crippen molar-refractivity contribution < 1.29 is 16.8 Å². The molecule has 1 aromatic heterocycles. The first-order chi connectivity index (χ1) is 9.78. The van der Waals surface area contributed by atoms with Gasteiger partial charge in [-0.1, -0.05) is 0 Å². The van der Waals surface area contributed by atoms with Crippen molar-refractivity contribution in [3.05, 3.63) is 11.4 Å². The van der Waals surface area contributed by atoms with Crippen molar-refractivity contribution in [2.45, 2.75) is 24.8 Å². The average Bonchev–Trinajstić information content (AvgIpc) is 2.64. The van der Waals surface area contributed by atoms with Gasteiger partial charge >= 0.3 is 0 Å². The summed E-state index contributed by atoms with van der Waals surface area (Å²) in [5, 5.41) is 9.57. The lowest BCUT2D eigenvalue weighted by atomic mass is 10.4. The molecule has 1 fully saturated rings. The minimum Gasteiger partial charge on any atom is -0.314 e. The smallest absolute Gasteiger partial charge is 0.246 e. The maximum atomic E-state index is 12.8. The Morgan fingerprint density at radius 1 is 1.33 bits per heavy atom. The van der Waals surface area contributed by atoms with Crippen LogP contribution < -0.4 is 5.32 Å². The number of hydrogen-bond acceptors (Lipinski definition) is 6. The van der Waals surface area contributed by atoms with Crippen LogP contribution in [0.2, 0.25) is 0 Å². The number of sulfone groups is 1. The summed E-state index contributed by atoms with van der Waals surface area (Å²) in [7, 11) is -5.19. The fourth-order valence-corrected chi connectivity index (χ4v) is 5.58. The summed E-state index contributed by atoms with van der Waals surface area (Å²) in [6, 6.07) is 0. The summed E-state index contributed by atoms with van der Waals surface area (Å²) in [6.07, 6.45) is 0.319. The van der Waals surface area contributed by atoms with Crippen molar-refractivity contribution in [1.82, 2.24) is 19.8 Å². The van der Waals surface area contributed by atoms with Crippen LogP contribution in [0.25, 0.3) is 0 Å². The lowest BCUT2D eigenvalue weighted by Gasteiger charge is -2.19. The third-order valence-electron chi connectivity index (χ3n) is 3.42. The van der Waals surface area contributed by atoms with E-state index in [2.05, 4.69) is 15.5 Å². The highest BCUT2D eigenvalue weighted by atomic mass is 32.2. The van der Waals surface area contributed by atoms with Gasteiger partial charge in [-0.2, -0.15) is 9.40 Å². The minimum atomic E-state index is -3.74. The Balaban J connectivity index is 2.36. The Bertz CT molecular complexity index is 709. The first-order valence-electron chi connectivity index (χ1n) is 6.67. The van der Waals surface area contributed by atoms with Crippen molar-refractivity contribution in [3.8, 4) is 0 Å². The highest BCUT2D eigenvalue weighted by Crippen LogP contribution is 2.23. The van der Waals surface area contributed by atoms with Gasteiger partial charge in [-0.05, 0) is 20.4 Å². The number of aromatic nitrogens is 2. The number of rotatable bonds is 4. The van der Waals surface area contributed by atoms with Gasteiger partial charge in [-0.3, -0.25) is 5.10 Å². The number of aryl methyl sites for hydroxylation is 1. The highest BCUT2D eigenvalue weighted by molar-refractivity contribution is 7.91. The van der Waals surface area contributed by atoms with Crippen LogP contribution in [0.4, 0.5) is 0 Å². The second-order valence-corrected chi connectivity index (χ2v) is 9.24. The molecule has 8 nitrogen and oxygen atoms in total. The molecule has 2 heterocycles. The maximum Gasteiger partial charge on any atom is 0.246 e. The Morgan fingerprint density at radius 2 is 2.05 bits per heavy atom. The van der Waals surface area contributed by atoms with Crippen molar-refractivity contribution in [3.63, 3.8) is 0 Å². The van der Waals surface area contributed by atoms with E-state index in [-0.39, 0.29) is 29.5 Å². The zero-order chi connectivity index (χ0) is 15.7. The first kappa shape index (κ1) is 16.4. The van der Waals surface area contributed by atoms with E-state index in [1.807, 2.05) is 0 Å². The molecule has 0 bridgehead atoms. The van der Waals surface area contributed by atoms with E-state index < -0.39 is 19.9 Å². The topological polar surface area (TPSA) is 112 Å². The zero-order valence-corrected chi connectivity index (χ0v) is 13.7. The molecule has 0 aromatic carbocycles. The van der Waals surface area contributed by atoms with E-state index in [0.29, 0.717) is 24.4 Å². The molecule has 10 heteroatoms. The molecule has 1 saturated heterocycles. The Labute approximate surface area is 124 Å². The van der Waals surface area contributed by atoms with E-state index in [1.54, 1.807) is 14.0 Å². The molecule has 21 heavy (non-hydrogen) atoms. The second-order valence-electron chi connectivity index (χ2n) is 5.06. The van der Waals surface area contributed by atoms with Crippen LogP contribution in [0.5, 0.6) is 0 Å². The number of nitrogens with zero attached hydrogens (tertiary/aromatic N) is 2. The molecule has 1 aromatic rings. The quantitative estimate of drug-likeness (QED) is 0.748. The van der Waals surface area contributed by atoms with Gasteiger partial charge in [0.05, 0.1) is 22.9 Å². The number of hydrogen-bond donors (Lipinski definition) is 2. The molecule has 0 aliphatic carbocycles. The van der Waals surface area contributed by atoms with Gasteiger partial charge in [0.15, 0.2) is 9.84 Å². The molecule has 0 spiro atoms. The average molecular weight is 336 g/mol. The first-order valence-corrected chi connectivity index (χ1v) is 9.93. The molecule has 2 N–H and O–H groups in total. The number of sulfonamides is 1. The lowest BCUT2D eigenvalue weighted by Crippen LogP contribution is -2.34. The minimum absolute atomic E-state index is 0.00567. The standard InChI is InChI=1S/C11H20N4O4S2/c1-9-11(10(8-12-2)14-13-9)21(18,19)15-4-3-6-20(16,17)7-5-15/h12H,3-8H2,1-2H3,(H,13,14). The van der Waals surface area contributed by atoms with Crippen LogP contribution in [0.3, 0.4) is 0 Å². The van der Waals surface area contributed by atoms with Gasteiger partial charge in [-0.25, -0.2) is 16.8 Å². The predicted molar refractivity (Wildman–Crippen MR) is 78.1 cm³/mol. The molecule has 0 unspecified atom stereocenters. The van der Waals surface area contributed by atoms with Crippen LogP contribution >= 0.6 is 0 Å². The molecular formula is C11H20N4O4S2. The van der Waals surface area contributed by atoms with E-state index in [9.17, 15) is 16.8 Å². The largest absolute Gasteiger partial charge is 0.314 e. The fraction of sp³-hybridized carbons (Fsp3) is 0.727. The summed E-state index contributed by atoms with van der Waals surface area (Å²) in [5.74, 6) is -0.0999. The number of nitrogens with one attached hydrogen (secondary N) is 2. The van der Waals surface area contributed by atoms with E-state index >= 15 is 0 Å². The Morgan fingerprint density at radius 3 is 2.71 bits per heavy atom. The lowest BCUT2D eigenvalue weighted by molar-refractivity contribution is 0.433. The molecule has 0 atom stereocenters. The van der Waals surface area contributed by atoms with Crippen molar-refractivity contribution in [1.29, 1.82) is 0 Å². The fourth-order valence-electron chi connectivity index (χ4n) is 2.38. The number of aromatic amines is 1. The monoisotopic (exact) mass is 336 g/mol. The van der Waals surface area contributed by atoms with Crippen LogP contribution in [0.1, 0.15) is 17.8 Å². The maximum absolute atomic E-state index is 12.8. The van der Waals surface area contributed by atoms with Crippen LogP contribution in [0, 0.1) is 6.92 Å². The van der Waals surface area contributed by atoms with Crippen molar-refractivity contribution in [2.75, 3.05) is 31.6 Å². The zero-order valence-electron chi connectivity index (χ0n) is 12.1. The molecule has 0 amide bonds. The highest BCUT2D eigenvalue weighted by Gasteiger charge is 2.33.